The highest BCUT2D eigenvalue weighted by Gasteiger charge is 2.40. The number of amidine groups is 1. The number of amides is 1. The van der Waals surface area contributed by atoms with Crippen LogP contribution in [0.4, 0.5) is 0 Å². The van der Waals surface area contributed by atoms with E-state index in [1.807, 2.05) is 6.92 Å². The van der Waals surface area contributed by atoms with E-state index in [1.165, 1.54) is 13.2 Å². The molecule has 0 saturated heterocycles. The number of esters is 1. The van der Waals surface area contributed by atoms with Gasteiger partial charge < -0.3 is 14.2 Å². The maximum atomic E-state index is 11.9. The Bertz CT molecular complexity index is 419. The van der Waals surface area contributed by atoms with Crippen LogP contribution in [0.3, 0.4) is 0 Å². The second-order valence-electron chi connectivity index (χ2n) is 3.55. The number of hydrogen-bond acceptors (Lipinski definition) is 6. The van der Waals surface area contributed by atoms with Crippen molar-refractivity contribution in [3.05, 3.63) is 11.6 Å². The van der Waals surface area contributed by atoms with Gasteiger partial charge in [-0.25, -0.2) is 9.79 Å². The standard InChI is InChI=1S/C10H12N2O4S/c1-3-5-4-6(13)16-9-7(5)8(14)11-10(12-9)17-15-2/h4,7,9H,3H2,1-2H3,(H,11,12,14). The van der Waals surface area contributed by atoms with Crippen LogP contribution in [-0.2, 0) is 18.5 Å². The lowest BCUT2D eigenvalue weighted by atomic mass is 9.91. The van der Waals surface area contributed by atoms with Gasteiger partial charge in [-0.3, -0.25) is 4.79 Å². The summed E-state index contributed by atoms with van der Waals surface area (Å²) in [6.45, 7) is 1.89. The maximum absolute atomic E-state index is 11.9. The number of hydrogen-bond donors (Lipinski definition) is 1. The molecule has 0 saturated carbocycles. The summed E-state index contributed by atoms with van der Waals surface area (Å²) in [6.07, 6.45) is 1.21. The monoisotopic (exact) mass is 256 g/mol. The van der Waals surface area contributed by atoms with Crippen molar-refractivity contribution in [1.82, 2.24) is 5.32 Å². The smallest absolute Gasteiger partial charge is 0.332 e. The molecule has 2 aliphatic heterocycles. The van der Waals surface area contributed by atoms with Crippen molar-refractivity contribution in [1.29, 1.82) is 0 Å². The van der Waals surface area contributed by atoms with Crippen molar-refractivity contribution >= 4 is 29.1 Å². The van der Waals surface area contributed by atoms with E-state index in [4.69, 9.17) is 8.92 Å². The Kier molecular flexibility index (Phi) is 3.49. The van der Waals surface area contributed by atoms with E-state index in [2.05, 4.69) is 10.3 Å². The summed E-state index contributed by atoms with van der Waals surface area (Å²) in [7, 11) is 1.47. The zero-order chi connectivity index (χ0) is 12.4. The lowest BCUT2D eigenvalue weighted by Crippen LogP contribution is -2.48. The first-order valence-electron chi connectivity index (χ1n) is 5.16. The van der Waals surface area contributed by atoms with Gasteiger partial charge in [-0.1, -0.05) is 6.92 Å². The van der Waals surface area contributed by atoms with Gasteiger partial charge in [-0.2, -0.15) is 0 Å². The molecule has 7 heteroatoms. The molecule has 0 aromatic carbocycles. The van der Waals surface area contributed by atoms with Crippen LogP contribution >= 0.6 is 12.0 Å². The van der Waals surface area contributed by atoms with Crippen LogP contribution in [0.2, 0.25) is 0 Å². The molecule has 0 radical (unpaired) electrons. The lowest BCUT2D eigenvalue weighted by molar-refractivity contribution is -0.149. The Balaban J connectivity index is 2.30. The Morgan fingerprint density at radius 2 is 2.35 bits per heavy atom. The third-order valence-corrected chi connectivity index (χ3v) is 3.08. The van der Waals surface area contributed by atoms with Crippen LogP contribution in [0.1, 0.15) is 13.3 Å². The Morgan fingerprint density at radius 1 is 1.59 bits per heavy atom. The summed E-state index contributed by atoms with van der Waals surface area (Å²) < 4.78 is 9.84. The Hall–Kier alpha value is -1.34. The summed E-state index contributed by atoms with van der Waals surface area (Å²) >= 11 is 0.929. The molecular formula is C10H12N2O4S. The second-order valence-corrected chi connectivity index (χ2v) is 4.44. The second kappa shape index (κ2) is 4.89. The summed E-state index contributed by atoms with van der Waals surface area (Å²) in [5, 5.41) is 2.92. The van der Waals surface area contributed by atoms with Gasteiger partial charge in [0, 0.05) is 6.08 Å². The molecule has 1 N–H and O–H groups in total. The van der Waals surface area contributed by atoms with Crippen LogP contribution < -0.4 is 5.32 Å². The minimum Gasteiger partial charge on any atom is -0.435 e. The van der Waals surface area contributed by atoms with Gasteiger partial charge in [0.2, 0.25) is 12.1 Å². The molecule has 0 aliphatic carbocycles. The molecule has 2 atom stereocenters. The molecular weight excluding hydrogens is 244 g/mol. The minimum atomic E-state index is -0.770. The van der Waals surface area contributed by atoms with Crippen molar-refractivity contribution in [2.24, 2.45) is 10.9 Å². The first kappa shape index (κ1) is 12.1. The van der Waals surface area contributed by atoms with Gasteiger partial charge >= 0.3 is 5.97 Å². The zero-order valence-corrected chi connectivity index (χ0v) is 10.2. The van der Waals surface area contributed by atoms with Gasteiger partial charge in [-0.15, -0.1) is 0 Å². The fourth-order valence-corrected chi connectivity index (χ4v) is 2.27. The summed E-state index contributed by atoms with van der Waals surface area (Å²) in [5.74, 6) is -1.19. The molecule has 0 bridgehead atoms. The van der Waals surface area contributed by atoms with Crippen molar-refractivity contribution in [3.8, 4) is 0 Å². The predicted molar refractivity (Wildman–Crippen MR) is 61.9 cm³/mol. The number of aliphatic imine (C=N–C) groups is 1. The first-order valence-corrected chi connectivity index (χ1v) is 5.90. The molecule has 92 valence electrons. The number of rotatable bonds is 2. The van der Waals surface area contributed by atoms with Gasteiger partial charge in [0.15, 0.2) is 5.17 Å². The molecule has 2 unspecified atom stereocenters. The van der Waals surface area contributed by atoms with E-state index in [0.29, 0.717) is 11.6 Å². The lowest BCUT2D eigenvalue weighted by Gasteiger charge is -2.31. The average Bonchev–Trinajstić information content (AvgIpc) is 2.27. The molecule has 2 rings (SSSR count). The first-order chi connectivity index (χ1) is 8.15. The number of ether oxygens (including phenoxy) is 1. The van der Waals surface area contributed by atoms with Crippen molar-refractivity contribution in [2.45, 2.75) is 19.6 Å². The van der Waals surface area contributed by atoms with Crippen LogP contribution in [0.25, 0.3) is 0 Å². The van der Waals surface area contributed by atoms with E-state index in [-0.39, 0.29) is 5.91 Å². The third-order valence-electron chi connectivity index (χ3n) is 2.55. The molecule has 17 heavy (non-hydrogen) atoms. The molecule has 0 aromatic rings. The van der Waals surface area contributed by atoms with Crippen LogP contribution in [0, 0.1) is 5.92 Å². The van der Waals surface area contributed by atoms with Crippen LogP contribution in [0.15, 0.2) is 16.6 Å². The van der Waals surface area contributed by atoms with E-state index in [0.717, 1.165) is 17.6 Å². The molecule has 2 aliphatic rings. The fraction of sp³-hybridized carbons (Fsp3) is 0.500. The highest BCUT2D eigenvalue weighted by Crippen LogP contribution is 2.29. The van der Waals surface area contributed by atoms with Gasteiger partial charge in [-0.05, 0) is 12.0 Å². The van der Waals surface area contributed by atoms with Crippen molar-refractivity contribution < 1.29 is 18.5 Å². The number of carbonyl (C=O) groups is 2. The van der Waals surface area contributed by atoms with Gasteiger partial charge in [0.05, 0.1) is 19.2 Å². The Labute approximate surface area is 103 Å². The predicted octanol–water partition coefficient (Wildman–Crippen LogP) is 0.602. The number of nitrogens with one attached hydrogen (secondary N) is 1. The fourth-order valence-electron chi connectivity index (χ4n) is 1.82. The summed E-state index contributed by atoms with van der Waals surface area (Å²) in [4.78, 5) is 27.3. The van der Waals surface area contributed by atoms with Crippen LogP contribution in [0.5, 0.6) is 0 Å². The Morgan fingerprint density at radius 3 is 3.00 bits per heavy atom. The largest absolute Gasteiger partial charge is 0.435 e. The summed E-state index contributed by atoms with van der Waals surface area (Å²) in [5.41, 5.74) is 0.744. The number of carbonyl (C=O) groups excluding carboxylic acids is 2. The molecule has 6 nitrogen and oxygen atoms in total. The highest BCUT2D eigenvalue weighted by atomic mass is 32.2. The number of fused-ring (bicyclic) bond motifs is 1. The maximum Gasteiger partial charge on any atom is 0.332 e. The van der Waals surface area contributed by atoms with Crippen LogP contribution in [-0.4, -0.2) is 30.4 Å². The molecule has 0 fully saturated rings. The molecule has 0 spiro atoms. The minimum absolute atomic E-state index is 0.217. The summed E-state index contributed by atoms with van der Waals surface area (Å²) in [6, 6.07) is 0. The molecule has 0 aromatic heterocycles. The average molecular weight is 256 g/mol. The topological polar surface area (TPSA) is 77.0 Å². The van der Waals surface area contributed by atoms with Gasteiger partial charge in [0.1, 0.15) is 5.92 Å². The van der Waals surface area contributed by atoms with Crippen molar-refractivity contribution in [2.75, 3.05) is 7.11 Å². The normalized spacial score (nSPS) is 27.6. The molecule has 1 amide bonds. The van der Waals surface area contributed by atoms with Gasteiger partial charge in [0.25, 0.3) is 0 Å². The van der Waals surface area contributed by atoms with E-state index in [1.54, 1.807) is 0 Å². The highest BCUT2D eigenvalue weighted by molar-refractivity contribution is 8.09. The van der Waals surface area contributed by atoms with E-state index >= 15 is 0 Å². The molecule has 2 heterocycles. The van der Waals surface area contributed by atoms with E-state index in [9.17, 15) is 9.59 Å². The van der Waals surface area contributed by atoms with Crippen molar-refractivity contribution in [3.63, 3.8) is 0 Å². The zero-order valence-electron chi connectivity index (χ0n) is 9.43. The number of nitrogens with zero attached hydrogens (tertiary/aromatic N) is 1. The third kappa shape index (κ3) is 2.34. The quantitative estimate of drug-likeness (QED) is 0.578. The SMILES string of the molecule is CCC1=CC(=O)OC2N=C(SOC)NC(=O)C12. The van der Waals surface area contributed by atoms with E-state index < -0.39 is 18.1 Å².